The number of carbonyl (C=O) groups excluding carboxylic acids is 1. The zero-order valence-electron chi connectivity index (χ0n) is 29.6. The van der Waals surface area contributed by atoms with Gasteiger partial charge in [-0.15, -0.1) is 0 Å². The van der Waals surface area contributed by atoms with Gasteiger partial charge in [-0.3, -0.25) is 4.90 Å². The molecule has 1 aliphatic carbocycles. The number of aliphatic hydroxyl groups excluding tert-OH is 1. The molecule has 3 aliphatic rings. The second kappa shape index (κ2) is 14.7. The Balaban J connectivity index is 1.03. The monoisotopic (exact) mass is 673 g/mol. The number of nitrogens with zero attached hydrogens (tertiary/aromatic N) is 1. The molecule has 7 heteroatoms. The van der Waals surface area contributed by atoms with Gasteiger partial charge in [0.15, 0.2) is 6.29 Å². The standard InChI is InChI=1S/C43H51N3O4/c1-42(2)22-37-23-43(3,28-42)29-46(37)26-38-21-39(34-14-12-31(27-47)13-15-34)50-40(49-38)35-18-16-33(17-19-35)36-11-7-10-32(20-36)25-45-41(48)44-24-30-8-5-4-6-9-30/h4-20,37-40,47H,21-29H2,1-3H3,(H2,44,45,48). The largest absolute Gasteiger partial charge is 0.392 e. The van der Waals surface area contributed by atoms with Crippen molar-refractivity contribution < 1.29 is 19.4 Å². The van der Waals surface area contributed by atoms with Crippen molar-refractivity contribution in [3.05, 3.63) is 131 Å². The summed E-state index contributed by atoms with van der Waals surface area (Å²) in [5, 5.41) is 15.5. The van der Waals surface area contributed by atoms with Gasteiger partial charge in [0.1, 0.15) is 0 Å². The lowest BCUT2D eigenvalue weighted by atomic mass is 9.65. The zero-order valence-corrected chi connectivity index (χ0v) is 29.6. The molecule has 1 saturated carbocycles. The SMILES string of the molecule is CC1(C)CC2CC(C)(CN2CC2CC(c3ccc(CO)cc3)OC(c3ccc(-c4cccc(CNC(=O)NCc5ccccc5)c4)cc3)O2)C1. The van der Waals surface area contributed by atoms with Crippen LogP contribution in [0, 0.1) is 10.8 Å². The third kappa shape index (κ3) is 8.30. The third-order valence-corrected chi connectivity index (χ3v) is 10.8. The van der Waals surface area contributed by atoms with Gasteiger partial charge in [0.05, 0.1) is 18.8 Å². The van der Waals surface area contributed by atoms with E-state index in [1.165, 1.54) is 19.3 Å². The molecule has 2 bridgehead atoms. The number of carbonyl (C=O) groups is 1. The molecular formula is C43H51N3O4. The Hall–Kier alpha value is -4.01. The van der Waals surface area contributed by atoms with Gasteiger partial charge in [0.25, 0.3) is 0 Å². The van der Waals surface area contributed by atoms with E-state index in [9.17, 15) is 9.90 Å². The molecule has 2 saturated heterocycles. The first-order valence-electron chi connectivity index (χ1n) is 18.1. The molecule has 2 aliphatic heterocycles. The highest BCUT2D eigenvalue weighted by Crippen LogP contribution is 2.53. The van der Waals surface area contributed by atoms with Gasteiger partial charge >= 0.3 is 6.03 Å². The fourth-order valence-corrected chi connectivity index (χ4v) is 8.80. The van der Waals surface area contributed by atoms with E-state index in [4.69, 9.17) is 9.47 Å². The molecular weight excluding hydrogens is 622 g/mol. The van der Waals surface area contributed by atoms with Crippen LogP contribution in [0.2, 0.25) is 0 Å². The third-order valence-electron chi connectivity index (χ3n) is 10.8. The maximum atomic E-state index is 12.4. The van der Waals surface area contributed by atoms with Crippen LogP contribution in [-0.2, 0) is 29.2 Å². The highest BCUT2D eigenvalue weighted by atomic mass is 16.7. The summed E-state index contributed by atoms with van der Waals surface area (Å²) in [6, 6.07) is 35.2. The van der Waals surface area contributed by atoms with Crippen LogP contribution >= 0.6 is 0 Å². The summed E-state index contributed by atoms with van der Waals surface area (Å²) in [7, 11) is 0. The first-order valence-corrected chi connectivity index (χ1v) is 18.1. The molecule has 2 amide bonds. The van der Waals surface area contributed by atoms with Crippen molar-refractivity contribution in [1.82, 2.24) is 15.5 Å². The number of hydrogen-bond donors (Lipinski definition) is 3. The molecule has 4 aromatic rings. The second-order valence-electron chi connectivity index (χ2n) is 15.8. The number of benzene rings is 4. The highest BCUT2D eigenvalue weighted by molar-refractivity contribution is 5.74. The van der Waals surface area contributed by atoms with Crippen LogP contribution in [-0.4, -0.2) is 41.3 Å². The first-order chi connectivity index (χ1) is 24.1. The van der Waals surface area contributed by atoms with E-state index < -0.39 is 6.29 Å². The summed E-state index contributed by atoms with van der Waals surface area (Å²) in [6.07, 6.45) is 4.03. The summed E-state index contributed by atoms with van der Waals surface area (Å²) in [5.41, 5.74) is 8.02. The van der Waals surface area contributed by atoms with Crippen molar-refractivity contribution in [1.29, 1.82) is 0 Å². The molecule has 7 nitrogen and oxygen atoms in total. The van der Waals surface area contributed by atoms with Crippen molar-refractivity contribution in [3.8, 4) is 11.1 Å². The predicted octanol–water partition coefficient (Wildman–Crippen LogP) is 8.29. The Labute approximate surface area is 297 Å². The lowest BCUT2D eigenvalue weighted by Crippen LogP contribution is -2.42. The van der Waals surface area contributed by atoms with E-state index in [1.54, 1.807) is 0 Å². The first kappa shape index (κ1) is 34.4. The molecule has 0 aromatic heterocycles. The average molecular weight is 674 g/mol. The van der Waals surface area contributed by atoms with E-state index in [1.807, 2.05) is 54.6 Å². The second-order valence-corrected chi connectivity index (χ2v) is 15.8. The summed E-state index contributed by atoms with van der Waals surface area (Å²) < 4.78 is 13.5. The van der Waals surface area contributed by atoms with Crippen molar-refractivity contribution >= 4 is 6.03 Å². The molecule has 2 heterocycles. The quantitative estimate of drug-likeness (QED) is 0.158. The van der Waals surface area contributed by atoms with Gasteiger partial charge in [-0.1, -0.05) is 118 Å². The molecule has 0 radical (unpaired) electrons. The zero-order chi connectivity index (χ0) is 34.7. The van der Waals surface area contributed by atoms with Crippen molar-refractivity contribution in [2.24, 2.45) is 10.8 Å². The molecule has 3 N–H and O–H groups in total. The molecule has 0 spiro atoms. The molecule has 5 unspecified atom stereocenters. The van der Waals surface area contributed by atoms with Crippen LogP contribution in [0.25, 0.3) is 11.1 Å². The van der Waals surface area contributed by atoms with Gasteiger partial charge in [-0.2, -0.15) is 0 Å². The van der Waals surface area contributed by atoms with E-state index in [0.29, 0.717) is 30.0 Å². The molecule has 3 fully saturated rings. The Morgan fingerprint density at radius 1 is 0.780 bits per heavy atom. The van der Waals surface area contributed by atoms with Crippen LogP contribution in [0.3, 0.4) is 0 Å². The van der Waals surface area contributed by atoms with Crippen molar-refractivity contribution in [3.63, 3.8) is 0 Å². The van der Waals surface area contributed by atoms with Gasteiger partial charge in [0.2, 0.25) is 0 Å². The number of rotatable bonds is 10. The summed E-state index contributed by atoms with van der Waals surface area (Å²) in [6.45, 7) is 10.3. The molecule has 5 atom stereocenters. The minimum Gasteiger partial charge on any atom is -0.392 e. The number of ether oxygens (including phenoxy) is 2. The lowest BCUT2D eigenvalue weighted by molar-refractivity contribution is -0.253. The maximum Gasteiger partial charge on any atom is 0.315 e. The number of fused-ring (bicyclic) bond motifs is 2. The van der Waals surface area contributed by atoms with E-state index in [0.717, 1.165) is 58.5 Å². The summed E-state index contributed by atoms with van der Waals surface area (Å²) in [4.78, 5) is 15.1. The van der Waals surface area contributed by atoms with E-state index in [2.05, 4.69) is 84.8 Å². The van der Waals surface area contributed by atoms with Crippen molar-refractivity contribution in [2.45, 2.75) is 90.7 Å². The number of aliphatic hydroxyl groups is 1. The Bertz CT molecular complexity index is 1740. The number of likely N-dealkylation sites (tertiary alicyclic amines) is 1. The summed E-state index contributed by atoms with van der Waals surface area (Å²) >= 11 is 0. The summed E-state index contributed by atoms with van der Waals surface area (Å²) in [5.74, 6) is 0. The normalized spacial score (nSPS) is 26.0. The van der Waals surface area contributed by atoms with Gasteiger partial charge in [-0.05, 0) is 69.5 Å². The molecule has 7 rings (SSSR count). The number of urea groups is 1. The van der Waals surface area contributed by atoms with Crippen molar-refractivity contribution in [2.75, 3.05) is 13.1 Å². The van der Waals surface area contributed by atoms with Gasteiger partial charge < -0.3 is 25.2 Å². The van der Waals surface area contributed by atoms with Crippen LogP contribution in [0.5, 0.6) is 0 Å². The van der Waals surface area contributed by atoms with Crippen LogP contribution in [0.15, 0.2) is 103 Å². The Kier molecular flexibility index (Phi) is 10.1. The number of amides is 2. The fraction of sp³-hybridized carbons (Fsp3) is 0.419. The average Bonchev–Trinajstić information content (AvgIpc) is 3.37. The Morgan fingerprint density at radius 3 is 2.22 bits per heavy atom. The van der Waals surface area contributed by atoms with Gasteiger partial charge in [0, 0.05) is 44.2 Å². The Morgan fingerprint density at radius 2 is 1.48 bits per heavy atom. The maximum absolute atomic E-state index is 12.4. The topological polar surface area (TPSA) is 83.1 Å². The number of hydrogen-bond acceptors (Lipinski definition) is 5. The van der Waals surface area contributed by atoms with Crippen LogP contribution in [0.1, 0.15) is 86.7 Å². The molecule has 4 aromatic carbocycles. The smallest absolute Gasteiger partial charge is 0.315 e. The van der Waals surface area contributed by atoms with Gasteiger partial charge in [-0.25, -0.2) is 4.79 Å². The minimum absolute atomic E-state index is 0.0293. The lowest BCUT2D eigenvalue weighted by Gasteiger charge is -2.41. The highest BCUT2D eigenvalue weighted by Gasteiger charge is 2.50. The van der Waals surface area contributed by atoms with E-state index >= 15 is 0 Å². The van der Waals surface area contributed by atoms with Crippen LogP contribution in [0.4, 0.5) is 4.79 Å². The van der Waals surface area contributed by atoms with E-state index in [-0.39, 0.29) is 24.8 Å². The number of nitrogens with one attached hydrogen (secondary N) is 2. The fourth-order valence-electron chi connectivity index (χ4n) is 8.80. The molecule has 50 heavy (non-hydrogen) atoms. The minimum atomic E-state index is -0.482. The predicted molar refractivity (Wildman–Crippen MR) is 197 cm³/mol. The molecule has 262 valence electrons. The van der Waals surface area contributed by atoms with Crippen LogP contribution < -0.4 is 10.6 Å².